The maximum Gasteiger partial charge on any atom is 0.343 e. The number of esters is 6. The summed E-state index contributed by atoms with van der Waals surface area (Å²) < 4.78 is 68.8. The number of hydrogen-bond acceptors (Lipinski definition) is 20. The molecule has 125 heavy (non-hydrogen) atoms. The molecule has 0 spiro atoms. The normalized spacial score (nSPS) is 15.4. The SMILES string of the molecule is C=C(C)C(=O)OCCCCCCOC(=O)c1cc(OCCCCCCCCOC(=O)CC(C=O)OCCCCCCCCOc2ccc(C(=O)Oc3ccc(C4CCC(CCCCC)CC4)cc3)cc2)ccc1OCCCCCCCCOC(=O)CC(C=O)OCCCCCCCCOc1ccc(C(=O)Oc2ccc(C3CCC(CCCCC)CC3)cc2)cc1. The quantitative estimate of drug-likeness (QED) is 0.00876. The van der Waals surface area contributed by atoms with Crippen molar-refractivity contribution >= 4 is 48.4 Å². The molecule has 2 aliphatic rings. The third-order valence-electron chi connectivity index (χ3n) is 23.9. The molecule has 2 unspecified atom stereocenters. The molecule has 0 aliphatic heterocycles. The van der Waals surface area contributed by atoms with Crippen molar-refractivity contribution < 1.29 is 95.2 Å². The Balaban J connectivity index is 0.647. The largest absolute Gasteiger partial charge is 0.494 e. The van der Waals surface area contributed by atoms with Gasteiger partial charge in [-0.05, 0) is 261 Å². The molecular formula is C105H150O20. The van der Waals surface area contributed by atoms with Gasteiger partial charge in [-0.1, -0.05) is 199 Å². The van der Waals surface area contributed by atoms with Crippen LogP contribution in [0.1, 0.15) is 370 Å². The molecule has 2 fully saturated rings. The summed E-state index contributed by atoms with van der Waals surface area (Å²) in [5, 5.41) is 0. The molecule has 0 saturated heterocycles. The molecule has 7 rings (SSSR count). The van der Waals surface area contributed by atoms with Gasteiger partial charge in [-0.2, -0.15) is 0 Å². The summed E-state index contributed by atoms with van der Waals surface area (Å²) in [6, 6.07) is 35.5. The van der Waals surface area contributed by atoms with E-state index in [0.717, 1.165) is 172 Å². The van der Waals surface area contributed by atoms with Gasteiger partial charge in [0.05, 0.1) is 76.8 Å². The van der Waals surface area contributed by atoms with E-state index in [4.69, 9.17) is 56.8 Å². The van der Waals surface area contributed by atoms with Crippen LogP contribution in [0.3, 0.4) is 0 Å². The van der Waals surface area contributed by atoms with Crippen molar-refractivity contribution in [2.24, 2.45) is 11.8 Å². The van der Waals surface area contributed by atoms with Gasteiger partial charge in [0.2, 0.25) is 0 Å². The van der Waals surface area contributed by atoms with Crippen LogP contribution in [0.15, 0.2) is 127 Å². The van der Waals surface area contributed by atoms with Crippen molar-refractivity contribution in [1.82, 2.24) is 0 Å². The summed E-state index contributed by atoms with van der Waals surface area (Å²) in [7, 11) is 0. The minimum Gasteiger partial charge on any atom is -0.494 e. The van der Waals surface area contributed by atoms with E-state index in [9.17, 15) is 38.4 Å². The van der Waals surface area contributed by atoms with Crippen LogP contribution in [0.5, 0.6) is 34.5 Å². The fourth-order valence-electron chi connectivity index (χ4n) is 16.2. The highest BCUT2D eigenvalue weighted by atomic mass is 16.6. The molecule has 2 aliphatic carbocycles. The lowest BCUT2D eigenvalue weighted by molar-refractivity contribution is -0.149. The third kappa shape index (κ3) is 44.9. The van der Waals surface area contributed by atoms with E-state index in [2.05, 4.69) is 44.7 Å². The van der Waals surface area contributed by atoms with E-state index in [1.165, 1.54) is 114 Å². The number of aldehydes is 2. The first kappa shape index (κ1) is 103. The zero-order valence-electron chi connectivity index (χ0n) is 76.1. The Morgan fingerprint density at radius 2 is 0.656 bits per heavy atom. The minimum absolute atomic E-state index is 0.107. The van der Waals surface area contributed by atoms with Crippen molar-refractivity contribution in [2.45, 2.75) is 340 Å². The molecule has 2 saturated carbocycles. The van der Waals surface area contributed by atoms with Gasteiger partial charge in [0, 0.05) is 18.8 Å². The van der Waals surface area contributed by atoms with Crippen molar-refractivity contribution in [1.29, 1.82) is 0 Å². The maximum absolute atomic E-state index is 13.5. The second kappa shape index (κ2) is 64.8. The van der Waals surface area contributed by atoms with E-state index in [1.807, 2.05) is 36.4 Å². The van der Waals surface area contributed by atoms with Crippen LogP contribution in [0, 0.1) is 11.8 Å². The van der Waals surface area contributed by atoms with Gasteiger partial charge >= 0.3 is 35.8 Å². The maximum atomic E-state index is 13.5. The number of ether oxygens (including phenoxy) is 12. The standard InChI is InChI=1S/C105H150O20/c1-5-7-27-39-83-41-45-85(46-42-83)87-49-61-93(62-50-87)124-103(111)89-53-57-91(58-54-89)114-67-29-17-9-11-20-32-70-117-96(80-106)78-100(108)120-73-35-23-15-13-19-31-69-116-95-65-66-99(98(77-95)105(113)123-76-38-26-25-37-75-122-102(110)82(3)4)119-72-34-22-14-16-24-36-74-121-101(109)79-97(81-107)118-71-33-21-12-10-18-30-68-115-92-59-55-90(56-60-92)104(112)125-94-63-51-88(52-64-94)86-47-43-84(44-48-86)40-28-8-6-2/h49-66,77,80-81,83-86,96-97H,3,5-48,67-76,78-79H2,1-2,4H3. The average molecular weight is 1730 g/mol. The summed E-state index contributed by atoms with van der Waals surface area (Å²) in [6.07, 6.45) is 45.1. The number of carbonyl (C=O) groups is 8. The number of rotatable bonds is 71. The molecule has 0 bridgehead atoms. The molecule has 0 radical (unpaired) electrons. The minimum atomic E-state index is -0.834. The molecule has 20 nitrogen and oxygen atoms in total. The first-order chi connectivity index (χ1) is 61.2. The molecule has 5 aromatic carbocycles. The van der Waals surface area contributed by atoms with Crippen molar-refractivity contribution in [3.05, 3.63) is 155 Å². The van der Waals surface area contributed by atoms with Crippen LogP contribution in [-0.4, -0.2) is 127 Å². The van der Waals surface area contributed by atoms with Crippen LogP contribution < -0.4 is 28.4 Å². The molecule has 0 heterocycles. The Labute approximate surface area is 747 Å². The Morgan fingerprint density at radius 3 is 1.02 bits per heavy atom. The van der Waals surface area contributed by atoms with Gasteiger partial charge in [-0.15, -0.1) is 0 Å². The number of hydrogen-bond donors (Lipinski definition) is 0. The number of benzene rings is 5. The lowest BCUT2D eigenvalue weighted by atomic mass is 9.77. The average Bonchev–Trinajstić information content (AvgIpc) is 0.848. The second-order valence-corrected chi connectivity index (χ2v) is 34.3. The molecule has 0 amide bonds. The van der Waals surface area contributed by atoms with Crippen molar-refractivity contribution in [2.75, 3.05) is 66.1 Å². The summed E-state index contributed by atoms with van der Waals surface area (Å²) in [5.41, 5.74) is 4.28. The van der Waals surface area contributed by atoms with Crippen LogP contribution in [0.2, 0.25) is 0 Å². The highest BCUT2D eigenvalue weighted by Crippen LogP contribution is 2.40. The summed E-state index contributed by atoms with van der Waals surface area (Å²) >= 11 is 0. The first-order valence-electron chi connectivity index (χ1n) is 48.1. The van der Waals surface area contributed by atoms with Gasteiger partial charge in [-0.3, -0.25) is 9.59 Å². The fraction of sp³-hybridized carbons (Fsp3) is 0.619. The van der Waals surface area contributed by atoms with Gasteiger partial charge in [-0.25, -0.2) is 19.2 Å². The Morgan fingerprint density at radius 1 is 0.336 bits per heavy atom. The Kier molecular flexibility index (Phi) is 53.5. The van der Waals surface area contributed by atoms with Gasteiger partial charge in [0.1, 0.15) is 64.8 Å². The molecule has 0 N–H and O–H groups in total. The van der Waals surface area contributed by atoms with E-state index < -0.39 is 36.1 Å². The second-order valence-electron chi connectivity index (χ2n) is 34.3. The van der Waals surface area contributed by atoms with Gasteiger partial charge in [0.25, 0.3) is 0 Å². The lowest BCUT2D eigenvalue weighted by Gasteiger charge is -2.29. The van der Waals surface area contributed by atoms with Crippen LogP contribution in [0.4, 0.5) is 0 Å². The van der Waals surface area contributed by atoms with Crippen molar-refractivity contribution in [3.8, 4) is 34.5 Å². The third-order valence-corrected chi connectivity index (χ3v) is 23.9. The monoisotopic (exact) mass is 1730 g/mol. The first-order valence-corrected chi connectivity index (χ1v) is 48.1. The number of carbonyl (C=O) groups excluding carboxylic acids is 8. The van der Waals surface area contributed by atoms with E-state index in [0.29, 0.717) is 147 Å². The van der Waals surface area contributed by atoms with Crippen LogP contribution in [-0.2, 0) is 52.4 Å². The summed E-state index contributed by atoms with van der Waals surface area (Å²) in [4.78, 5) is 99.7. The summed E-state index contributed by atoms with van der Waals surface area (Å²) in [6.45, 7) is 13.7. The predicted molar refractivity (Wildman–Crippen MR) is 490 cm³/mol. The van der Waals surface area contributed by atoms with Gasteiger partial charge < -0.3 is 66.4 Å². The predicted octanol–water partition coefficient (Wildman–Crippen LogP) is 25.0. The molecular weight excluding hydrogens is 1580 g/mol. The molecule has 20 heteroatoms. The van der Waals surface area contributed by atoms with E-state index in [1.54, 1.807) is 61.5 Å². The molecule has 2 atom stereocenters. The zero-order valence-corrected chi connectivity index (χ0v) is 76.1. The zero-order chi connectivity index (χ0) is 88.8. The van der Waals surface area contributed by atoms with Crippen LogP contribution >= 0.6 is 0 Å². The van der Waals surface area contributed by atoms with E-state index in [-0.39, 0.29) is 44.6 Å². The highest BCUT2D eigenvalue weighted by Gasteiger charge is 2.26. The molecule has 0 aromatic heterocycles. The molecule has 690 valence electrons. The lowest BCUT2D eigenvalue weighted by Crippen LogP contribution is -2.21. The smallest absolute Gasteiger partial charge is 0.343 e. The topological polar surface area (TPSA) is 247 Å². The highest BCUT2D eigenvalue weighted by molar-refractivity contribution is 5.93. The Hall–Kier alpha value is -8.88. The van der Waals surface area contributed by atoms with Crippen molar-refractivity contribution in [3.63, 3.8) is 0 Å². The van der Waals surface area contributed by atoms with E-state index >= 15 is 0 Å². The van der Waals surface area contributed by atoms with Gasteiger partial charge in [0.15, 0.2) is 0 Å². The Bertz CT molecular complexity index is 3780. The molecule has 5 aromatic rings. The number of unbranched alkanes of at least 4 members (excludes halogenated alkanes) is 27. The summed E-state index contributed by atoms with van der Waals surface area (Å²) in [5.74, 6) is 3.83. The van der Waals surface area contributed by atoms with Crippen LogP contribution in [0.25, 0.3) is 0 Å². The fourth-order valence-corrected chi connectivity index (χ4v) is 16.2.